The molecule has 2 nitrogen and oxygen atoms in total. The van der Waals surface area contributed by atoms with Gasteiger partial charge in [0, 0.05) is 42.6 Å². The van der Waals surface area contributed by atoms with Crippen molar-refractivity contribution in [2.24, 2.45) is 0 Å². The van der Waals surface area contributed by atoms with E-state index in [2.05, 4.69) is 16.3 Å². The van der Waals surface area contributed by atoms with Crippen LogP contribution in [0.2, 0.25) is 0 Å². The maximum absolute atomic E-state index is 13.7. The van der Waals surface area contributed by atoms with Crippen molar-refractivity contribution in [1.29, 1.82) is 0 Å². The fourth-order valence-corrected chi connectivity index (χ4v) is 2.44. The van der Waals surface area contributed by atoms with E-state index in [9.17, 15) is 4.39 Å². The third-order valence-corrected chi connectivity index (χ3v) is 3.30. The summed E-state index contributed by atoms with van der Waals surface area (Å²) in [6.45, 7) is 3.95. The summed E-state index contributed by atoms with van der Waals surface area (Å²) in [4.78, 5) is 2.32. The number of fused-ring (bicyclic) bond motifs is 1. The van der Waals surface area contributed by atoms with Crippen LogP contribution in [0.4, 0.5) is 10.1 Å². The number of halogens is 2. The monoisotopic (exact) mass is 266 g/mol. The SMILES string of the molecule is Cl.Fc1cccc2c(N3CCNCC3)cccc12. The van der Waals surface area contributed by atoms with Gasteiger partial charge in [-0.15, -0.1) is 12.4 Å². The molecule has 1 heterocycles. The number of rotatable bonds is 1. The van der Waals surface area contributed by atoms with Crippen molar-refractivity contribution in [1.82, 2.24) is 5.32 Å². The van der Waals surface area contributed by atoms with E-state index in [-0.39, 0.29) is 18.2 Å². The second-order valence-corrected chi connectivity index (χ2v) is 4.35. The van der Waals surface area contributed by atoms with Crippen LogP contribution in [0.1, 0.15) is 0 Å². The van der Waals surface area contributed by atoms with E-state index >= 15 is 0 Å². The molecule has 0 radical (unpaired) electrons. The highest BCUT2D eigenvalue weighted by molar-refractivity contribution is 5.94. The predicted octanol–water partition coefficient (Wildman–Crippen LogP) is 2.81. The number of hydrogen-bond acceptors (Lipinski definition) is 2. The molecule has 0 amide bonds. The normalized spacial score (nSPS) is 15.5. The molecule has 2 aromatic rings. The maximum Gasteiger partial charge on any atom is 0.131 e. The Balaban J connectivity index is 0.00000120. The van der Waals surface area contributed by atoms with Gasteiger partial charge in [0.05, 0.1) is 0 Å². The van der Waals surface area contributed by atoms with Crippen LogP contribution in [0, 0.1) is 5.82 Å². The summed E-state index contributed by atoms with van der Waals surface area (Å²) in [5, 5.41) is 5.05. The molecule has 18 heavy (non-hydrogen) atoms. The van der Waals surface area contributed by atoms with Gasteiger partial charge in [-0.05, 0) is 12.1 Å². The first-order valence-corrected chi connectivity index (χ1v) is 5.99. The first-order chi connectivity index (χ1) is 8.36. The first kappa shape index (κ1) is 13.1. The molecule has 1 aliphatic rings. The molecule has 0 aromatic heterocycles. The van der Waals surface area contributed by atoms with Gasteiger partial charge < -0.3 is 10.2 Å². The van der Waals surface area contributed by atoms with Gasteiger partial charge in [0.15, 0.2) is 0 Å². The molecule has 1 fully saturated rings. The fourth-order valence-electron chi connectivity index (χ4n) is 2.44. The molecule has 1 saturated heterocycles. The summed E-state index contributed by atoms with van der Waals surface area (Å²) in [6, 6.07) is 11.1. The predicted molar refractivity (Wildman–Crippen MR) is 76.2 cm³/mol. The van der Waals surface area contributed by atoms with Crippen LogP contribution >= 0.6 is 12.4 Å². The van der Waals surface area contributed by atoms with Gasteiger partial charge in [-0.1, -0.05) is 24.3 Å². The number of nitrogens with zero attached hydrogens (tertiary/aromatic N) is 1. The van der Waals surface area contributed by atoms with Gasteiger partial charge in [-0.25, -0.2) is 4.39 Å². The Hall–Kier alpha value is -1.32. The van der Waals surface area contributed by atoms with Crippen LogP contribution in [-0.2, 0) is 0 Å². The van der Waals surface area contributed by atoms with Crippen LogP contribution in [-0.4, -0.2) is 26.2 Å². The highest BCUT2D eigenvalue weighted by Gasteiger charge is 2.13. The number of benzene rings is 2. The molecular weight excluding hydrogens is 251 g/mol. The standard InChI is InChI=1S/C14H15FN2.ClH/c15-13-5-1-4-12-11(13)3-2-6-14(12)17-9-7-16-8-10-17;/h1-6,16H,7-10H2;1H. The van der Waals surface area contributed by atoms with Crippen LogP contribution in [0.25, 0.3) is 10.8 Å². The van der Waals surface area contributed by atoms with E-state index < -0.39 is 0 Å². The Labute approximate surface area is 112 Å². The summed E-state index contributed by atoms with van der Waals surface area (Å²) in [6.07, 6.45) is 0. The molecule has 4 heteroatoms. The molecule has 0 aliphatic carbocycles. The second-order valence-electron chi connectivity index (χ2n) is 4.35. The van der Waals surface area contributed by atoms with Crippen molar-refractivity contribution in [2.45, 2.75) is 0 Å². The third kappa shape index (κ3) is 2.28. The van der Waals surface area contributed by atoms with Crippen LogP contribution < -0.4 is 10.2 Å². The average molecular weight is 267 g/mol. The molecular formula is C14H16ClFN2. The topological polar surface area (TPSA) is 15.3 Å². The summed E-state index contributed by atoms with van der Waals surface area (Å²) < 4.78 is 13.7. The van der Waals surface area contributed by atoms with Crippen LogP contribution in [0.5, 0.6) is 0 Å². The maximum atomic E-state index is 13.7. The minimum atomic E-state index is -0.139. The Morgan fingerprint density at radius 1 is 0.944 bits per heavy atom. The minimum absolute atomic E-state index is 0. The highest BCUT2D eigenvalue weighted by Crippen LogP contribution is 2.28. The average Bonchev–Trinajstić information content (AvgIpc) is 2.40. The Kier molecular flexibility index (Phi) is 4.04. The molecule has 2 aromatic carbocycles. The largest absolute Gasteiger partial charge is 0.368 e. The smallest absolute Gasteiger partial charge is 0.131 e. The number of anilines is 1. The molecule has 96 valence electrons. The summed E-state index contributed by atoms with van der Waals surface area (Å²) in [7, 11) is 0. The fraction of sp³-hybridized carbons (Fsp3) is 0.286. The Morgan fingerprint density at radius 3 is 2.39 bits per heavy atom. The van der Waals surface area contributed by atoms with Crippen molar-refractivity contribution < 1.29 is 4.39 Å². The lowest BCUT2D eigenvalue weighted by molar-refractivity contribution is 0.590. The number of hydrogen-bond donors (Lipinski definition) is 1. The van der Waals surface area contributed by atoms with Gasteiger partial charge in [0.2, 0.25) is 0 Å². The third-order valence-electron chi connectivity index (χ3n) is 3.30. The zero-order valence-electron chi connectivity index (χ0n) is 10.0. The van der Waals surface area contributed by atoms with Gasteiger partial charge in [0.1, 0.15) is 5.82 Å². The Morgan fingerprint density at radius 2 is 1.61 bits per heavy atom. The number of piperazine rings is 1. The van der Waals surface area contributed by atoms with Gasteiger partial charge in [-0.2, -0.15) is 0 Å². The molecule has 1 N–H and O–H groups in total. The quantitative estimate of drug-likeness (QED) is 0.854. The summed E-state index contributed by atoms with van der Waals surface area (Å²) >= 11 is 0. The first-order valence-electron chi connectivity index (χ1n) is 5.99. The number of nitrogens with one attached hydrogen (secondary N) is 1. The molecule has 0 atom stereocenters. The van der Waals surface area contributed by atoms with E-state index in [1.807, 2.05) is 18.2 Å². The lowest BCUT2D eigenvalue weighted by Gasteiger charge is -2.30. The van der Waals surface area contributed by atoms with E-state index in [1.165, 1.54) is 6.07 Å². The zero-order valence-corrected chi connectivity index (χ0v) is 10.8. The lowest BCUT2D eigenvalue weighted by atomic mass is 10.1. The molecule has 1 aliphatic heterocycles. The molecule has 0 bridgehead atoms. The van der Waals surface area contributed by atoms with Crippen molar-refractivity contribution in [3.05, 3.63) is 42.2 Å². The lowest BCUT2D eigenvalue weighted by Crippen LogP contribution is -2.43. The molecule has 3 rings (SSSR count). The van der Waals surface area contributed by atoms with E-state index in [0.717, 1.165) is 37.3 Å². The van der Waals surface area contributed by atoms with Gasteiger partial charge in [0.25, 0.3) is 0 Å². The van der Waals surface area contributed by atoms with E-state index in [1.54, 1.807) is 6.07 Å². The van der Waals surface area contributed by atoms with Crippen LogP contribution in [0.15, 0.2) is 36.4 Å². The van der Waals surface area contributed by atoms with Crippen LogP contribution in [0.3, 0.4) is 0 Å². The van der Waals surface area contributed by atoms with Crippen molar-refractivity contribution in [3.63, 3.8) is 0 Å². The second kappa shape index (κ2) is 5.55. The van der Waals surface area contributed by atoms with Crippen molar-refractivity contribution in [2.75, 3.05) is 31.1 Å². The summed E-state index contributed by atoms with van der Waals surface area (Å²) in [5.74, 6) is -0.139. The zero-order chi connectivity index (χ0) is 11.7. The minimum Gasteiger partial charge on any atom is -0.368 e. The van der Waals surface area contributed by atoms with Gasteiger partial charge in [-0.3, -0.25) is 0 Å². The van der Waals surface area contributed by atoms with Crippen molar-refractivity contribution in [3.8, 4) is 0 Å². The van der Waals surface area contributed by atoms with E-state index in [0.29, 0.717) is 5.39 Å². The summed E-state index contributed by atoms with van der Waals surface area (Å²) in [5.41, 5.74) is 1.14. The van der Waals surface area contributed by atoms with Gasteiger partial charge >= 0.3 is 0 Å². The Bertz CT molecular complexity index is 538. The molecule has 0 spiro atoms. The van der Waals surface area contributed by atoms with E-state index in [4.69, 9.17) is 0 Å². The van der Waals surface area contributed by atoms with Crippen molar-refractivity contribution >= 4 is 28.9 Å². The molecule has 0 unspecified atom stereocenters. The molecule has 0 saturated carbocycles. The highest BCUT2D eigenvalue weighted by atomic mass is 35.5.